The van der Waals surface area contributed by atoms with Gasteiger partial charge in [-0.25, -0.2) is 0 Å². The number of rotatable bonds is 8. The minimum Gasteiger partial charge on any atom is -0.463 e. The van der Waals surface area contributed by atoms with Gasteiger partial charge < -0.3 is 15.4 Å². The Kier molecular flexibility index (Phi) is 7.14. The molecule has 1 heterocycles. The predicted octanol–water partition coefficient (Wildman–Crippen LogP) is 1.89. The van der Waals surface area contributed by atoms with Gasteiger partial charge in [-0.2, -0.15) is 15.0 Å². The smallest absolute Gasteiger partial charge is 0.322 e. The molecule has 0 aliphatic rings. The lowest BCUT2D eigenvalue weighted by atomic mass is 10.2. The fraction of sp³-hybridized carbons (Fsp3) is 0.692. The Hall–Kier alpha value is -1.63. The van der Waals surface area contributed by atoms with E-state index in [9.17, 15) is 4.79 Å². The van der Waals surface area contributed by atoms with Crippen LogP contribution in [0.4, 0.5) is 5.95 Å². The summed E-state index contributed by atoms with van der Waals surface area (Å²) in [5.74, 6) is 0.478. The lowest BCUT2D eigenvalue weighted by Gasteiger charge is -2.15. The summed E-state index contributed by atoms with van der Waals surface area (Å²) in [4.78, 5) is 23.7. The van der Waals surface area contributed by atoms with Crippen LogP contribution >= 0.6 is 11.6 Å². The summed E-state index contributed by atoms with van der Waals surface area (Å²) in [5.41, 5.74) is 0. The number of amides is 1. The number of carbonyl (C=O) groups is 1. The van der Waals surface area contributed by atoms with Crippen LogP contribution in [0.1, 0.15) is 34.1 Å². The van der Waals surface area contributed by atoms with Crippen LogP contribution in [0.25, 0.3) is 0 Å². The molecule has 1 rings (SSSR count). The lowest BCUT2D eigenvalue weighted by Crippen LogP contribution is -2.39. The normalized spacial score (nSPS) is 12.1. The van der Waals surface area contributed by atoms with Gasteiger partial charge in [0, 0.05) is 6.54 Å². The van der Waals surface area contributed by atoms with E-state index in [1.54, 1.807) is 6.92 Å². The number of nitrogens with zero attached hydrogens (tertiary/aromatic N) is 3. The minimum atomic E-state index is -0.485. The molecule has 0 radical (unpaired) electrons. The van der Waals surface area contributed by atoms with Gasteiger partial charge in [-0.15, -0.1) is 0 Å². The lowest BCUT2D eigenvalue weighted by molar-refractivity contribution is -0.121. The molecule has 1 aromatic rings. The van der Waals surface area contributed by atoms with Crippen LogP contribution in [0.15, 0.2) is 0 Å². The van der Waals surface area contributed by atoms with Crippen molar-refractivity contribution < 1.29 is 9.53 Å². The van der Waals surface area contributed by atoms with Crippen LogP contribution in [0, 0.1) is 5.92 Å². The van der Waals surface area contributed by atoms with Crippen molar-refractivity contribution in [3.05, 3.63) is 5.28 Å². The van der Waals surface area contributed by atoms with E-state index in [-0.39, 0.29) is 23.1 Å². The molecular formula is C13H22ClN5O2. The van der Waals surface area contributed by atoms with E-state index >= 15 is 0 Å². The first-order chi connectivity index (χ1) is 9.92. The molecule has 118 valence electrons. The molecule has 0 saturated heterocycles. The molecule has 1 unspecified atom stereocenters. The zero-order valence-corrected chi connectivity index (χ0v) is 13.6. The van der Waals surface area contributed by atoms with E-state index in [0.717, 1.165) is 6.42 Å². The first-order valence-corrected chi connectivity index (χ1v) is 7.38. The average Bonchev–Trinajstić information content (AvgIpc) is 2.41. The van der Waals surface area contributed by atoms with E-state index in [2.05, 4.69) is 25.6 Å². The Labute approximate surface area is 129 Å². The van der Waals surface area contributed by atoms with Gasteiger partial charge in [-0.3, -0.25) is 4.79 Å². The van der Waals surface area contributed by atoms with Crippen molar-refractivity contribution in [2.24, 2.45) is 5.92 Å². The third kappa shape index (κ3) is 6.57. The summed E-state index contributed by atoms with van der Waals surface area (Å²) >= 11 is 5.81. The largest absolute Gasteiger partial charge is 0.463 e. The summed E-state index contributed by atoms with van der Waals surface area (Å²) in [6, 6.07) is -0.338. The van der Waals surface area contributed by atoms with Crippen LogP contribution in [0.3, 0.4) is 0 Å². The highest BCUT2D eigenvalue weighted by molar-refractivity contribution is 6.28. The van der Waals surface area contributed by atoms with Crippen LogP contribution in [-0.4, -0.2) is 40.1 Å². The van der Waals surface area contributed by atoms with Crippen molar-refractivity contribution in [3.8, 4) is 6.01 Å². The maximum atomic E-state index is 11.9. The monoisotopic (exact) mass is 315 g/mol. The summed E-state index contributed by atoms with van der Waals surface area (Å²) in [6.07, 6.45) is 0.833. The second-order valence-corrected chi connectivity index (χ2v) is 5.40. The van der Waals surface area contributed by atoms with Gasteiger partial charge in [0.1, 0.15) is 6.04 Å². The summed E-state index contributed by atoms with van der Waals surface area (Å²) < 4.78 is 5.31. The van der Waals surface area contributed by atoms with E-state index in [4.69, 9.17) is 16.3 Å². The SMILES string of the molecule is CCCOc1nc(Cl)nc(NC(C)C(=O)NCC(C)C)n1. The molecule has 0 saturated carbocycles. The second kappa shape index (κ2) is 8.61. The van der Waals surface area contributed by atoms with Crippen LogP contribution in [0.2, 0.25) is 5.28 Å². The fourth-order valence-corrected chi connectivity index (χ4v) is 1.52. The maximum Gasteiger partial charge on any atom is 0.322 e. The van der Waals surface area contributed by atoms with Crippen molar-refractivity contribution in [2.75, 3.05) is 18.5 Å². The minimum absolute atomic E-state index is 0.0217. The van der Waals surface area contributed by atoms with Crippen molar-refractivity contribution in [2.45, 2.75) is 40.2 Å². The molecule has 0 aromatic carbocycles. The number of anilines is 1. The predicted molar refractivity (Wildman–Crippen MR) is 81.6 cm³/mol. The van der Waals surface area contributed by atoms with E-state index in [1.807, 2.05) is 20.8 Å². The van der Waals surface area contributed by atoms with E-state index in [1.165, 1.54) is 0 Å². The first kappa shape index (κ1) is 17.4. The third-order valence-corrected chi connectivity index (χ3v) is 2.62. The quantitative estimate of drug-likeness (QED) is 0.761. The topological polar surface area (TPSA) is 89.0 Å². The Morgan fingerprint density at radius 3 is 2.62 bits per heavy atom. The summed E-state index contributed by atoms with van der Waals surface area (Å²) in [5, 5.41) is 5.73. The zero-order valence-electron chi connectivity index (χ0n) is 12.8. The van der Waals surface area contributed by atoms with E-state index in [0.29, 0.717) is 19.1 Å². The van der Waals surface area contributed by atoms with Gasteiger partial charge in [0.15, 0.2) is 0 Å². The molecule has 21 heavy (non-hydrogen) atoms. The van der Waals surface area contributed by atoms with Gasteiger partial charge in [0.25, 0.3) is 0 Å². The highest BCUT2D eigenvalue weighted by atomic mass is 35.5. The molecular weight excluding hydrogens is 294 g/mol. The molecule has 0 bridgehead atoms. The number of ether oxygens (including phenoxy) is 1. The Balaban J connectivity index is 2.64. The first-order valence-electron chi connectivity index (χ1n) is 7.01. The second-order valence-electron chi connectivity index (χ2n) is 5.06. The average molecular weight is 316 g/mol. The van der Waals surface area contributed by atoms with Crippen LogP contribution in [0.5, 0.6) is 6.01 Å². The molecule has 1 amide bonds. The Morgan fingerprint density at radius 1 is 1.29 bits per heavy atom. The number of aromatic nitrogens is 3. The zero-order chi connectivity index (χ0) is 15.8. The molecule has 0 fully saturated rings. The highest BCUT2D eigenvalue weighted by Gasteiger charge is 2.15. The number of halogens is 1. The van der Waals surface area contributed by atoms with Crippen molar-refractivity contribution in [1.82, 2.24) is 20.3 Å². The number of carbonyl (C=O) groups excluding carboxylic acids is 1. The van der Waals surface area contributed by atoms with Gasteiger partial charge in [-0.1, -0.05) is 20.8 Å². The maximum absolute atomic E-state index is 11.9. The standard InChI is InChI=1S/C13H22ClN5O2/c1-5-6-21-13-18-11(14)17-12(19-13)16-9(4)10(20)15-7-8(2)3/h8-9H,5-7H2,1-4H3,(H,15,20)(H,16,17,18,19). The molecule has 0 aliphatic carbocycles. The summed E-state index contributed by atoms with van der Waals surface area (Å²) in [6.45, 7) is 8.86. The molecule has 0 spiro atoms. The molecule has 2 N–H and O–H groups in total. The van der Waals surface area contributed by atoms with Crippen LogP contribution in [-0.2, 0) is 4.79 Å². The highest BCUT2D eigenvalue weighted by Crippen LogP contribution is 2.12. The van der Waals surface area contributed by atoms with Crippen LogP contribution < -0.4 is 15.4 Å². The number of hydrogen-bond donors (Lipinski definition) is 2. The van der Waals surface area contributed by atoms with Crippen molar-refractivity contribution in [3.63, 3.8) is 0 Å². The number of hydrogen-bond acceptors (Lipinski definition) is 6. The van der Waals surface area contributed by atoms with Crippen molar-refractivity contribution >= 4 is 23.5 Å². The van der Waals surface area contributed by atoms with E-state index < -0.39 is 6.04 Å². The molecule has 7 nitrogen and oxygen atoms in total. The molecule has 0 aliphatic heterocycles. The third-order valence-electron chi connectivity index (χ3n) is 2.45. The molecule has 1 aromatic heterocycles. The van der Waals surface area contributed by atoms with Gasteiger partial charge in [-0.05, 0) is 30.9 Å². The van der Waals surface area contributed by atoms with Gasteiger partial charge >= 0.3 is 6.01 Å². The fourth-order valence-electron chi connectivity index (χ4n) is 1.37. The van der Waals surface area contributed by atoms with Gasteiger partial charge in [0.05, 0.1) is 6.61 Å². The number of nitrogens with one attached hydrogen (secondary N) is 2. The Bertz CT molecular complexity index is 470. The Morgan fingerprint density at radius 2 is 2.00 bits per heavy atom. The van der Waals surface area contributed by atoms with Gasteiger partial charge in [0.2, 0.25) is 17.1 Å². The summed E-state index contributed by atoms with van der Waals surface area (Å²) in [7, 11) is 0. The van der Waals surface area contributed by atoms with Crippen molar-refractivity contribution in [1.29, 1.82) is 0 Å². The molecule has 8 heteroatoms. The molecule has 1 atom stereocenters.